The van der Waals surface area contributed by atoms with Crippen molar-refractivity contribution in [1.29, 1.82) is 0 Å². The topological polar surface area (TPSA) is 114 Å². The fraction of sp³-hybridized carbons (Fsp3) is 0.182. The number of para-hydroxylation sites is 2. The average molecular weight is 472 g/mol. The molecule has 10 heteroatoms. The van der Waals surface area contributed by atoms with E-state index < -0.39 is 22.0 Å². The zero-order valence-electron chi connectivity index (χ0n) is 16.9. The summed E-state index contributed by atoms with van der Waals surface area (Å²) in [7, 11) is -3.76. The Hall–Kier alpha value is -3.21. The van der Waals surface area contributed by atoms with Crippen molar-refractivity contribution >= 4 is 50.2 Å². The summed E-state index contributed by atoms with van der Waals surface area (Å²) in [4.78, 5) is 25.1. The second-order valence-electron chi connectivity index (χ2n) is 7.11. The van der Waals surface area contributed by atoms with Gasteiger partial charge in [-0.05, 0) is 54.6 Å². The molecular formula is C22H21N3O5S2. The molecule has 1 aromatic heterocycles. The van der Waals surface area contributed by atoms with E-state index in [9.17, 15) is 18.0 Å². The largest absolute Gasteiger partial charge is 0.368 e. The van der Waals surface area contributed by atoms with Crippen LogP contribution in [0.2, 0.25) is 0 Å². The lowest BCUT2D eigenvalue weighted by Crippen LogP contribution is -2.27. The SMILES string of the molecule is O=C(Nc1ccccc1NS(=O)(=O)c1cccs1)c1cccc(NC(=O)C2CCCO2)c1. The molecule has 166 valence electrons. The zero-order valence-corrected chi connectivity index (χ0v) is 18.5. The van der Waals surface area contributed by atoms with Crippen molar-refractivity contribution < 1.29 is 22.7 Å². The minimum absolute atomic E-state index is 0.174. The average Bonchev–Trinajstić information content (AvgIpc) is 3.50. The van der Waals surface area contributed by atoms with Gasteiger partial charge < -0.3 is 15.4 Å². The summed E-state index contributed by atoms with van der Waals surface area (Å²) in [5.74, 6) is -0.686. The summed E-state index contributed by atoms with van der Waals surface area (Å²) in [5, 5.41) is 7.17. The molecule has 3 aromatic rings. The van der Waals surface area contributed by atoms with Crippen LogP contribution in [-0.4, -0.2) is 32.9 Å². The van der Waals surface area contributed by atoms with Crippen LogP contribution in [0.1, 0.15) is 23.2 Å². The van der Waals surface area contributed by atoms with E-state index in [1.165, 1.54) is 6.07 Å². The number of rotatable bonds is 7. The molecule has 1 unspecified atom stereocenters. The van der Waals surface area contributed by atoms with Gasteiger partial charge >= 0.3 is 0 Å². The van der Waals surface area contributed by atoms with Gasteiger partial charge in [-0.2, -0.15) is 0 Å². The number of nitrogens with one attached hydrogen (secondary N) is 3. The highest BCUT2D eigenvalue weighted by atomic mass is 32.2. The number of anilines is 3. The number of carbonyl (C=O) groups excluding carboxylic acids is 2. The van der Waals surface area contributed by atoms with E-state index in [1.807, 2.05) is 0 Å². The number of ether oxygens (including phenoxy) is 1. The van der Waals surface area contributed by atoms with Crippen LogP contribution in [-0.2, 0) is 19.6 Å². The third-order valence-electron chi connectivity index (χ3n) is 4.79. The molecule has 1 fully saturated rings. The minimum atomic E-state index is -3.76. The Morgan fingerprint density at radius 1 is 0.969 bits per heavy atom. The highest BCUT2D eigenvalue weighted by Crippen LogP contribution is 2.27. The van der Waals surface area contributed by atoms with Gasteiger partial charge in [0, 0.05) is 17.9 Å². The predicted molar refractivity (Wildman–Crippen MR) is 124 cm³/mol. The summed E-state index contributed by atoms with van der Waals surface area (Å²) in [6, 6.07) is 16.2. The van der Waals surface area contributed by atoms with Gasteiger partial charge in [-0.1, -0.05) is 24.3 Å². The minimum Gasteiger partial charge on any atom is -0.368 e. The number of hydrogen-bond acceptors (Lipinski definition) is 6. The summed E-state index contributed by atoms with van der Waals surface area (Å²) < 4.78 is 33.2. The Kier molecular flexibility index (Phi) is 6.54. The smallest absolute Gasteiger partial charge is 0.271 e. The Morgan fingerprint density at radius 3 is 2.50 bits per heavy atom. The van der Waals surface area contributed by atoms with Crippen LogP contribution in [0.3, 0.4) is 0 Å². The second kappa shape index (κ2) is 9.51. The molecule has 4 rings (SSSR count). The maximum atomic E-state index is 12.8. The van der Waals surface area contributed by atoms with Crippen LogP contribution in [0.15, 0.2) is 70.3 Å². The summed E-state index contributed by atoms with van der Waals surface area (Å²) in [6.45, 7) is 0.566. The molecule has 2 amide bonds. The van der Waals surface area contributed by atoms with Gasteiger partial charge in [0.05, 0.1) is 11.4 Å². The number of hydrogen-bond donors (Lipinski definition) is 3. The molecule has 2 heterocycles. The van der Waals surface area contributed by atoms with E-state index >= 15 is 0 Å². The van der Waals surface area contributed by atoms with E-state index in [2.05, 4.69) is 15.4 Å². The van der Waals surface area contributed by atoms with Gasteiger partial charge in [-0.25, -0.2) is 8.42 Å². The van der Waals surface area contributed by atoms with Crippen molar-refractivity contribution in [2.75, 3.05) is 22.0 Å². The van der Waals surface area contributed by atoms with Crippen molar-refractivity contribution in [1.82, 2.24) is 0 Å². The van der Waals surface area contributed by atoms with Gasteiger partial charge in [0.2, 0.25) is 0 Å². The van der Waals surface area contributed by atoms with Crippen LogP contribution in [0, 0.1) is 0 Å². The first kappa shape index (κ1) is 22.0. The Balaban J connectivity index is 1.48. The first-order chi connectivity index (χ1) is 15.4. The number of thiophene rings is 1. The quantitative estimate of drug-likeness (QED) is 0.483. The van der Waals surface area contributed by atoms with Crippen LogP contribution in [0.25, 0.3) is 0 Å². The van der Waals surface area contributed by atoms with Crippen LogP contribution < -0.4 is 15.4 Å². The van der Waals surface area contributed by atoms with Crippen LogP contribution in [0.5, 0.6) is 0 Å². The summed E-state index contributed by atoms with van der Waals surface area (Å²) in [5.41, 5.74) is 1.35. The molecule has 0 bridgehead atoms. The normalized spacial score (nSPS) is 15.8. The number of benzene rings is 2. The highest BCUT2D eigenvalue weighted by Gasteiger charge is 2.24. The third kappa shape index (κ3) is 5.16. The molecule has 0 radical (unpaired) electrons. The maximum absolute atomic E-state index is 12.8. The highest BCUT2D eigenvalue weighted by molar-refractivity contribution is 7.94. The molecule has 0 spiro atoms. The summed E-state index contributed by atoms with van der Waals surface area (Å²) >= 11 is 1.10. The molecule has 2 aromatic carbocycles. The Bertz CT molecular complexity index is 1220. The van der Waals surface area contributed by atoms with Gasteiger partial charge in [0.15, 0.2) is 0 Å². The monoisotopic (exact) mass is 471 g/mol. The number of sulfonamides is 1. The molecule has 1 atom stereocenters. The lowest BCUT2D eigenvalue weighted by molar-refractivity contribution is -0.124. The van der Waals surface area contributed by atoms with E-state index in [0.717, 1.165) is 17.8 Å². The molecular weight excluding hydrogens is 450 g/mol. The fourth-order valence-corrected chi connectivity index (χ4v) is 5.31. The molecule has 0 aliphatic carbocycles. The molecule has 0 saturated carbocycles. The zero-order chi connectivity index (χ0) is 22.6. The maximum Gasteiger partial charge on any atom is 0.271 e. The first-order valence-electron chi connectivity index (χ1n) is 9.92. The molecule has 3 N–H and O–H groups in total. The van der Waals surface area contributed by atoms with Crippen molar-refractivity contribution in [2.45, 2.75) is 23.2 Å². The summed E-state index contributed by atoms with van der Waals surface area (Å²) in [6.07, 6.45) is 1.04. The number of amides is 2. The lowest BCUT2D eigenvalue weighted by Gasteiger charge is -2.14. The van der Waals surface area contributed by atoms with Crippen LogP contribution in [0.4, 0.5) is 17.1 Å². The second-order valence-corrected chi connectivity index (χ2v) is 9.97. The van der Waals surface area contributed by atoms with Gasteiger partial charge in [0.1, 0.15) is 10.3 Å². The van der Waals surface area contributed by atoms with E-state index in [1.54, 1.807) is 60.0 Å². The molecule has 1 aliphatic rings. The third-order valence-corrected chi connectivity index (χ3v) is 7.56. The fourth-order valence-electron chi connectivity index (χ4n) is 3.23. The Morgan fingerprint density at radius 2 is 1.78 bits per heavy atom. The van der Waals surface area contributed by atoms with E-state index in [-0.39, 0.29) is 15.8 Å². The molecule has 8 nitrogen and oxygen atoms in total. The predicted octanol–water partition coefficient (Wildman–Crippen LogP) is 3.92. The standard InChI is InChI=1S/C22H21N3O5S2/c26-21(15-6-3-7-16(14-15)23-22(27)19-10-4-12-30-19)24-17-8-1-2-9-18(17)25-32(28,29)20-11-5-13-31-20/h1-3,5-9,11,13-14,19,25H,4,10,12H2,(H,23,27)(H,24,26). The van der Waals surface area contributed by atoms with Gasteiger partial charge in [0.25, 0.3) is 21.8 Å². The van der Waals surface area contributed by atoms with Crippen LogP contribution >= 0.6 is 11.3 Å². The Labute approximate surface area is 189 Å². The molecule has 32 heavy (non-hydrogen) atoms. The lowest BCUT2D eigenvalue weighted by atomic mass is 10.1. The molecule has 1 saturated heterocycles. The molecule has 1 aliphatic heterocycles. The van der Waals surface area contributed by atoms with E-state index in [4.69, 9.17) is 4.74 Å². The van der Waals surface area contributed by atoms with Gasteiger partial charge in [-0.15, -0.1) is 11.3 Å². The van der Waals surface area contributed by atoms with Crippen molar-refractivity contribution in [3.63, 3.8) is 0 Å². The number of carbonyl (C=O) groups is 2. The van der Waals surface area contributed by atoms with Crippen molar-refractivity contribution in [2.24, 2.45) is 0 Å². The van der Waals surface area contributed by atoms with E-state index in [0.29, 0.717) is 30.0 Å². The van der Waals surface area contributed by atoms with Crippen molar-refractivity contribution in [3.05, 3.63) is 71.6 Å². The first-order valence-corrected chi connectivity index (χ1v) is 12.3. The van der Waals surface area contributed by atoms with Gasteiger partial charge in [-0.3, -0.25) is 14.3 Å². The van der Waals surface area contributed by atoms with Crippen molar-refractivity contribution in [3.8, 4) is 0 Å².